The number of hydrogen-bond donors (Lipinski definition) is 2. The molecule has 3 nitrogen and oxygen atoms in total. The van der Waals surface area contributed by atoms with Gasteiger partial charge in [-0.05, 0) is 35.9 Å². The van der Waals surface area contributed by atoms with Crippen molar-refractivity contribution in [2.45, 2.75) is 10.6 Å². The topological polar surface area (TPSA) is 57.5 Å². The Morgan fingerprint density at radius 1 is 1.16 bits per heavy atom. The standard InChI is InChI=1S/C14H11BrO3S/c15-10-3-6-12(14(17)18)13(7-10)19-8-9-1-4-11(16)5-2-9/h1-7,16H,8H2,(H,17,18). The first-order chi connectivity index (χ1) is 9.06. The number of aromatic hydroxyl groups is 1. The highest BCUT2D eigenvalue weighted by atomic mass is 79.9. The number of carboxylic acid groups (broad SMARTS) is 1. The van der Waals surface area contributed by atoms with Crippen LogP contribution in [0.4, 0.5) is 0 Å². The normalized spacial score (nSPS) is 10.4. The van der Waals surface area contributed by atoms with Crippen LogP contribution in [-0.4, -0.2) is 16.2 Å². The fraction of sp³-hybridized carbons (Fsp3) is 0.0714. The van der Waals surface area contributed by atoms with E-state index < -0.39 is 5.97 Å². The van der Waals surface area contributed by atoms with Crippen LogP contribution in [0.15, 0.2) is 51.8 Å². The Morgan fingerprint density at radius 2 is 1.84 bits per heavy atom. The van der Waals surface area contributed by atoms with Gasteiger partial charge in [-0.3, -0.25) is 0 Å². The van der Waals surface area contributed by atoms with Gasteiger partial charge in [0.2, 0.25) is 0 Å². The van der Waals surface area contributed by atoms with Gasteiger partial charge in [0, 0.05) is 15.1 Å². The van der Waals surface area contributed by atoms with Crippen molar-refractivity contribution in [2.24, 2.45) is 0 Å². The van der Waals surface area contributed by atoms with Gasteiger partial charge in [0.05, 0.1) is 5.56 Å². The van der Waals surface area contributed by atoms with Gasteiger partial charge in [-0.25, -0.2) is 4.79 Å². The van der Waals surface area contributed by atoms with Crippen molar-refractivity contribution in [3.63, 3.8) is 0 Å². The fourth-order valence-electron chi connectivity index (χ4n) is 1.55. The van der Waals surface area contributed by atoms with Gasteiger partial charge in [-0.2, -0.15) is 0 Å². The van der Waals surface area contributed by atoms with Crippen molar-refractivity contribution in [1.82, 2.24) is 0 Å². The number of phenols is 1. The molecule has 0 aromatic heterocycles. The minimum Gasteiger partial charge on any atom is -0.508 e. The molecule has 0 aliphatic carbocycles. The second-order valence-corrected chi connectivity index (χ2v) is 5.83. The lowest BCUT2D eigenvalue weighted by atomic mass is 10.2. The Bertz CT molecular complexity index is 596. The van der Waals surface area contributed by atoms with Crippen LogP contribution in [0.1, 0.15) is 15.9 Å². The first kappa shape index (κ1) is 14.0. The highest BCUT2D eigenvalue weighted by Gasteiger charge is 2.10. The predicted molar refractivity (Wildman–Crippen MR) is 78.8 cm³/mol. The van der Waals surface area contributed by atoms with Crippen LogP contribution >= 0.6 is 27.7 Å². The monoisotopic (exact) mass is 338 g/mol. The van der Waals surface area contributed by atoms with Crippen molar-refractivity contribution < 1.29 is 15.0 Å². The zero-order valence-electron chi connectivity index (χ0n) is 9.84. The van der Waals surface area contributed by atoms with E-state index in [-0.39, 0.29) is 5.75 Å². The van der Waals surface area contributed by atoms with Gasteiger partial charge in [0.25, 0.3) is 0 Å². The fourth-order valence-corrected chi connectivity index (χ4v) is 3.09. The molecule has 0 atom stereocenters. The average Bonchev–Trinajstić information content (AvgIpc) is 2.38. The molecule has 2 N–H and O–H groups in total. The van der Waals surface area contributed by atoms with Crippen molar-refractivity contribution >= 4 is 33.7 Å². The molecule has 2 rings (SSSR count). The van der Waals surface area contributed by atoms with Gasteiger partial charge in [-0.15, -0.1) is 11.8 Å². The van der Waals surface area contributed by atoms with Gasteiger partial charge in [0.15, 0.2) is 0 Å². The first-order valence-corrected chi connectivity index (χ1v) is 7.27. The molecule has 0 radical (unpaired) electrons. The number of carboxylic acids is 1. The maximum absolute atomic E-state index is 11.1. The van der Waals surface area contributed by atoms with Crippen LogP contribution in [0, 0.1) is 0 Å². The molecule has 2 aromatic carbocycles. The van der Waals surface area contributed by atoms with E-state index in [0.717, 1.165) is 14.9 Å². The summed E-state index contributed by atoms with van der Waals surface area (Å²) in [6.45, 7) is 0. The summed E-state index contributed by atoms with van der Waals surface area (Å²) in [5.74, 6) is -0.0556. The lowest BCUT2D eigenvalue weighted by Gasteiger charge is -2.07. The van der Waals surface area contributed by atoms with Crippen LogP contribution in [0.5, 0.6) is 5.75 Å². The number of thioether (sulfide) groups is 1. The van der Waals surface area contributed by atoms with Crippen LogP contribution in [0.25, 0.3) is 0 Å². The van der Waals surface area contributed by atoms with E-state index >= 15 is 0 Å². The molecule has 0 aliphatic heterocycles. The van der Waals surface area contributed by atoms with Crippen LogP contribution in [-0.2, 0) is 5.75 Å². The number of hydrogen-bond acceptors (Lipinski definition) is 3. The summed E-state index contributed by atoms with van der Waals surface area (Å²) in [5.41, 5.74) is 1.33. The number of rotatable bonds is 4. The molecule has 0 fully saturated rings. The second kappa shape index (κ2) is 6.12. The summed E-state index contributed by atoms with van der Waals surface area (Å²) < 4.78 is 0.853. The van der Waals surface area contributed by atoms with Crippen molar-refractivity contribution in [2.75, 3.05) is 0 Å². The maximum atomic E-state index is 11.1. The smallest absolute Gasteiger partial charge is 0.336 e. The Balaban J connectivity index is 2.16. The molecular formula is C14H11BrO3S. The lowest BCUT2D eigenvalue weighted by Crippen LogP contribution is -1.98. The SMILES string of the molecule is O=C(O)c1ccc(Br)cc1SCc1ccc(O)cc1. The summed E-state index contributed by atoms with van der Waals surface area (Å²) in [6.07, 6.45) is 0. The largest absolute Gasteiger partial charge is 0.508 e. The summed E-state index contributed by atoms with van der Waals surface area (Å²) in [4.78, 5) is 11.8. The van der Waals surface area contributed by atoms with Gasteiger partial charge < -0.3 is 10.2 Å². The molecule has 19 heavy (non-hydrogen) atoms. The minimum absolute atomic E-state index is 0.224. The second-order valence-electron chi connectivity index (χ2n) is 3.90. The summed E-state index contributed by atoms with van der Waals surface area (Å²) in [7, 11) is 0. The van der Waals surface area contributed by atoms with E-state index in [1.54, 1.807) is 30.3 Å². The average molecular weight is 339 g/mol. The molecule has 0 aliphatic rings. The third kappa shape index (κ3) is 3.75. The molecule has 0 spiro atoms. The van der Waals surface area contributed by atoms with Gasteiger partial charge in [0.1, 0.15) is 5.75 Å². The maximum Gasteiger partial charge on any atom is 0.336 e. The van der Waals surface area contributed by atoms with E-state index in [4.69, 9.17) is 5.11 Å². The number of benzene rings is 2. The third-order valence-electron chi connectivity index (χ3n) is 2.50. The third-order valence-corrected chi connectivity index (χ3v) is 4.12. The molecule has 0 saturated heterocycles. The molecule has 0 unspecified atom stereocenters. The lowest BCUT2D eigenvalue weighted by molar-refractivity contribution is 0.0693. The Kier molecular flexibility index (Phi) is 4.50. The van der Waals surface area contributed by atoms with E-state index in [0.29, 0.717) is 11.3 Å². The highest BCUT2D eigenvalue weighted by Crippen LogP contribution is 2.29. The van der Waals surface area contributed by atoms with Crippen molar-refractivity contribution in [3.8, 4) is 5.75 Å². The van der Waals surface area contributed by atoms with Crippen LogP contribution in [0.2, 0.25) is 0 Å². The van der Waals surface area contributed by atoms with E-state index in [1.807, 2.05) is 12.1 Å². The number of carbonyl (C=O) groups is 1. The molecule has 98 valence electrons. The molecule has 0 saturated carbocycles. The molecule has 0 amide bonds. The molecule has 2 aromatic rings. The Hall–Kier alpha value is -1.46. The van der Waals surface area contributed by atoms with Gasteiger partial charge >= 0.3 is 5.97 Å². The molecule has 0 heterocycles. The van der Waals surface area contributed by atoms with Crippen LogP contribution in [0.3, 0.4) is 0 Å². The minimum atomic E-state index is -0.930. The number of aromatic carboxylic acids is 1. The predicted octanol–water partition coefficient (Wildman–Crippen LogP) is 4.15. The molecule has 5 heteroatoms. The summed E-state index contributed by atoms with van der Waals surface area (Å²) in [5, 5.41) is 18.3. The van der Waals surface area contributed by atoms with Gasteiger partial charge in [-0.1, -0.05) is 28.1 Å². The number of phenolic OH excluding ortho intramolecular Hbond substituents is 1. The highest BCUT2D eigenvalue weighted by molar-refractivity contribution is 9.10. The van der Waals surface area contributed by atoms with E-state index in [1.165, 1.54) is 11.8 Å². The van der Waals surface area contributed by atoms with Crippen LogP contribution < -0.4 is 0 Å². The summed E-state index contributed by atoms with van der Waals surface area (Å²) in [6, 6.07) is 12.0. The Labute approximate surface area is 123 Å². The van der Waals surface area contributed by atoms with Crippen molar-refractivity contribution in [1.29, 1.82) is 0 Å². The first-order valence-electron chi connectivity index (χ1n) is 5.50. The Morgan fingerprint density at radius 3 is 2.47 bits per heavy atom. The van der Waals surface area contributed by atoms with E-state index in [2.05, 4.69) is 15.9 Å². The summed E-state index contributed by atoms with van der Waals surface area (Å²) >= 11 is 4.80. The quantitative estimate of drug-likeness (QED) is 0.822. The molecule has 0 bridgehead atoms. The van der Waals surface area contributed by atoms with E-state index in [9.17, 15) is 9.90 Å². The number of halogens is 1. The van der Waals surface area contributed by atoms with Crippen molar-refractivity contribution in [3.05, 3.63) is 58.1 Å². The zero-order chi connectivity index (χ0) is 13.8. The zero-order valence-corrected chi connectivity index (χ0v) is 12.2. The molecular weight excluding hydrogens is 328 g/mol.